The summed E-state index contributed by atoms with van der Waals surface area (Å²) in [5.41, 5.74) is 0. The Morgan fingerprint density at radius 2 is 1.12 bits per heavy atom. The summed E-state index contributed by atoms with van der Waals surface area (Å²) in [5.74, 6) is 1.84. The number of likely N-dealkylation sites (tertiary alicyclic amines) is 2. The molecule has 6 heteroatoms. The zero-order valence-electron chi connectivity index (χ0n) is 15.9. The van der Waals surface area contributed by atoms with Gasteiger partial charge >= 0.3 is 7.69 Å². The van der Waals surface area contributed by atoms with E-state index in [0.717, 1.165) is 37.9 Å². The first-order valence-electron chi connectivity index (χ1n) is 9.84. The van der Waals surface area contributed by atoms with Crippen LogP contribution < -0.4 is 0 Å². The van der Waals surface area contributed by atoms with Gasteiger partial charge < -0.3 is 19.1 Å². The molecule has 2 saturated heterocycles. The Hall–Kier alpha value is 0.195. The van der Waals surface area contributed by atoms with E-state index in [1.165, 1.54) is 65.0 Å². The smallest absolute Gasteiger partial charge is 0.414 e. The maximum absolute atomic E-state index is 5.59. The Balaban J connectivity index is 0.00000288. The molecule has 2 heterocycles. The van der Waals surface area contributed by atoms with E-state index >= 15 is 0 Å². The van der Waals surface area contributed by atoms with E-state index < -0.39 is 0 Å². The Morgan fingerprint density at radius 3 is 1.50 bits per heavy atom. The molecule has 0 aromatic rings. The molecule has 0 unspecified atom stereocenters. The van der Waals surface area contributed by atoms with Gasteiger partial charge in [-0.1, -0.05) is 13.8 Å². The molecule has 2 fully saturated rings. The minimum atomic E-state index is 0. The van der Waals surface area contributed by atoms with Gasteiger partial charge in [0.15, 0.2) is 0 Å². The standard InChI is InChI=1S/C18H37BN2O2.ClH/c1-17-5-11-20(12-6-17)9-3-15-22-19-23-16-4-10-21-13-7-18(2)8-14-21;/h17-19H,3-16H2,1-2H3;1H. The zero-order chi connectivity index (χ0) is 16.3. The second kappa shape index (κ2) is 13.4. The molecule has 0 aromatic heterocycles. The second-order valence-electron chi connectivity index (χ2n) is 7.69. The minimum Gasteiger partial charge on any atom is -0.414 e. The van der Waals surface area contributed by atoms with Crippen molar-refractivity contribution < 1.29 is 9.31 Å². The van der Waals surface area contributed by atoms with E-state index in [9.17, 15) is 0 Å². The van der Waals surface area contributed by atoms with Crippen molar-refractivity contribution in [3.8, 4) is 0 Å². The highest BCUT2D eigenvalue weighted by molar-refractivity contribution is 6.17. The van der Waals surface area contributed by atoms with Crippen molar-refractivity contribution in [1.82, 2.24) is 9.80 Å². The fourth-order valence-electron chi connectivity index (χ4n) is 3.53. The molecule has 24 heavy (non-hydrogen) atoms. The molecule has 0 amide bonds. The van der Waals surface area contributed by atoms with Crippen LogP contribution in [0, 0.1) is 11.8 Å². The lowest BCUT2D eigenvalue weighted by Crippen LogP contribution is -2.34. The van der Waals surface area contributed by atoms with Crippen LogP contribution in [-0.4, -0.2) is 70.0 Å². The number of halogens is 1. The summed E-state index contributed by atoms with van der Waals surface area (Å²) in [6.07, 6.45) is 7.70. The summed E-state index contributed by atoms with van der Waals surface area (Å²) in [4.78, 5) is 5.15. The summed E-state index contributed by atoms with van der Waals surface area (Å²) < 4.78 is 11.2. The second-order valence-corrected chi connectivity index (χ2v) is 7.69. The van der Waals surface area contributed by atoms with Crippen molar-refractivity contribution >= 4 is 20.1 Å². The minimum absolute atomic E-state index is 0. The van der Waals surface area contributed by atoms with E-state index in [1.807, 2.05) is 0 Å². The number of hydrogen-bond acceptors (Lipinski definition) is 4. The number of nitrogens with zero attached hydrogens (tertiary/aromatic N) is 2. The van der Waals surface area contributed by atoms with Crippen molar-refractivity contribution in [2.75, 3.05) is 52.5 Å². The quantitative estimate of drug-likeness (QED) is 0.442. The van der Waals surface area contributed by atoms with Crippen LogP contribution in [-0.2, 0) is 9.31 Å². The van der Waals surface area contributed by atoms with Crippen LogP contribution in [0.5, 0.6) is 0 Å². The molecule has 0 saturated carbocycles. The molecule has 4 nitrogen and oxygen atoms in total. The fourth-order valence-corrected chi connectivity index (χ4v) is 3.53. The molecule has 0 radical (unpaired) electrons. The molecular formula is C18H38BClN2O2. The van der Waals surface area contributed by atoms with Gasteiger partial charge in [-0.2, -0.15) is 0 Å². The van der Waals surface area contributed by atoms with Crippen LogP contribution >= 0.6 is 12.4 Å². The van der Waals surface area contributed by atoms with Crippen LogP contribution in [0.2, 0.25) is 0 Å². The van der Waals surface area contributed by atoms with Crippen LogP contribution in [0.25, 0.3) is 0 Å². The molecule has 0 atom stereocenters. The van der Waals surface area contributed by atoms with Crippen molar-refractivity contribution in [1.29, 1.82) is 0 Å². The maximum atomic E-state index is 5.59. The first-order valence-corrected chi connectivity index (χ1v) is 9.84. The number of rotatable bonds is 10. The topological polar surface area (TPSA) is 24.9 Å². The Labute approximate surface area is 156 Å². The van der Waals surface area contributed by atoms with Gasteiger partial charge in [-0.3, -0.25) is 0 Å². The lowest BCUT2D eigenvalue weighted by atomic mass is 9.99. The summed E-state index contributed by atoms with van der Waals surface area (Å²) in [7, 11) is 0.466. The molecule has 0 N–H and O–H groups in total. The maximum Gasteiger partial charge on any atom is 0.438 e. The lowest BCUT2D eigenvalue weighted by Gasteiger charge is -2.30. The Morgan fingerprint density at radius 1 is 0.750 bits per heavy atom. The zero-order valence-corrected chi connectivity index (χ0v) is 16.7. The predicted molar refractivity (Wildman–Crippen MR) is 105 cm³/mol. The molecule has 0 aromatic carbocycles. The number of piperidine rings is 2. The summed E-state index contributed by atoms with van der Waals surface area (Å²) in [6, 6.07) is 0. The Kier molecular flexibility index (Phi) is 12.4. The van der Waals surface area contributed by atoms with Gasteiger partial charge in [0.1, 0.15) is 0 Å². The molecule has 2 rings (SSSR count). The molecule has 142 valence electrons. The highest BCUT2D eigenvalue weighted by Crippen LogP contribution is 2.16. The van der Waals surface area contributed by atoms with E-state index in [2.05, 4.69) is 23.6 Å². The van der Waals surface area contributed by atoms with Crippen molar-refractivity contribution in [2.24, 2.45) is 11.8 Å². The van der Waals surface area contributed by atoms with E-state index in [4.69, 9.17) is 9.31 Å². The van der Waals surface area contributed by atoms with Crippen LogP contribution in [0.3, 0.4) is 0 Å². The van der Waals surface area contributed by atoms with Gasteiger partial charge in [-0.05, 0) is 76.5 Å². The van der Waals surface area contributed by atoms with E-state index in [0.29, 0.717) is 7.69 Å². The lowest BCUT2D eigenvalue weighted by molar-refractivity contribution is 0.158. The number of hydrogen-bond donors (Lipinski definition) is 0. The summed E-state index contributed by atoms with van der Waals surface area (Å²) >= 11 is 0. The molecule has 2 aliphatic heterocycles. The van der Waals surface area contributed by atoms with Crippen LogP contribution in [0.15, 0.2) is 0 Å². The van der Waals surface area contributed by atoms with Gasteiger partial charge in [-0.25, -0.2) is 0 Å². The largest absolute Gasteiger partial charge is 0.438 e. The SMILES string of the molecule is CC1CCN(CCCOBOCCCN2CCC(C)CC2)CC1.Cl. The van der Waals surface area contributed by atoms with Crippen LogP contribution in [0.1, 0.15) is 52.4 Å². The Bertz CT molecular complexity index is 269. The van der Waals surface area contributed by atoms with Gasteiger partial charge in [0.05, 0.1) is 0 Å². The third-order valence-corrected chi connectivity index (χ3v) is 5.45. The summed E-state index contributed by atoms with van der Waals surface area (Å²) in [6.45, 7) is 13.8. The highest BCUT2D eigenvalue weighted by atomic mass is 35.5. The third kappa shape index (κ3) is 9.62. The highest BCUT2D eigenvalue weighted by Gasteiger charge is 2.15. The van der Waals surface area contributed by atoms with Crippen molar-refractivity contribution in [2.45, 2.75) is 52.4 Å². The van der Waals surface area contributed by atoms with Crippen molar-refractivity contribution in [3.63, 3.8) is 0 Å². The molecule has 2 aliphatic rings. The predicted octanol–water partition coefficient (Wildman–Crippen LogP) is 2.95. The van der Waals surface area contributed by atoms with Gasteiger partial charge in [-0.15, -0.1) is 12.4 Å². The molecule has 0 aliphatic carbocycles. The monoisotopic (exact) mass is 360 g/mol. The average molecular weight is 361 g/mol. The first-order chi connectivity index (χ1) is 11.2. The average Bonchev–Trinajstić information content (AvgIpc) is 2.56. The summed E-state index contributed by atoms with van der Waals surface area (Å²) in [5, 5.41) is 0. The molecule has 0 bridgehead atoms. The van der Waals surface area contributed by atoms with Gasteiger partial charge in [0.2, 0.25) is 0 Å². The molecular weight excluding hydrogens is 322 g/mol. The van der Waals surface area contributed by atoms with E-state index in [-0.39, 0.29) is 12.4 Å². The van der Waals surface area contributed by atoms with Crippen molar-refractivity contribution in [3.05, 3.63) is 0 Å². The van der Waals surface area contributed by atoms with Crippen LogP contribution in [0.4, 0.5) is 0 Å². The molecule has 0 spiro atoms. The third-order valence-electron chi connectivity index (χ3n) is 5.45. The van der Waals surface area contributed by atoms with E-state index in [1.54, 1.807) is 0 Å². The first kappa shape index (κ1) is 22.2. The fraction of sp³-hybridized carbons (Fsp3) is 1.00. The van der Waals surface area contributed by atoms with Gasteiger partial charge in [0.25, 0.3) is 0 Å². The van der Waals surface area contributed by atoms with Gasteiger partial charge in [0, 0.05) is 26.3 Å². The normalized spacial score (nSPS) is 21.6.